The van der Waals surface area contributed by atoms with E-state index in [9.17, 15) is 9.59 Å². The van der Waals surface area contributed by atoms with Gasteiger partial charge < -0.3 is 14.2 Å². The average Bonchev–Trinajstić information content (AvgIpc) is 3.22. The fourth-order valence-electron chi connectivity index (χ4n) is 7.11. The normalized spacial score (nSPS) is 12.5. The molecule has 5 nitrogen and oxygen atoms in total. The summed E-state index contributed by atoms with van der Waals surface area (Å²) in [4.78, 5) is 25.2. The van der Waals surface area contributed by atoms with Crippen molar-refractivity contribution in [2.75, 3.05) is 19.8 Å². The number of carbonyl (C=O) groups is 2. The lowest BCUT2D eigenvalue weighted by Crippen LogP contribution is -2.30. The molecule has 0 fully saturated rings. The van der Waals surface area contributed by atoms with Crippen LogP contribution in [0.1, 0.15) is 252 Å². The van der Waals surface area contributed by atoms with Crippen LogP contribution in [0.25, 0.3) is 0 Å². The summed E-state index contributed by atoms with van der Waals surface area (Å²) in [6, 6.07) is 0. The third kappa shape index (κ3) is 46.5. The first-order valence-electron chi connectivity index (χ1n) is 25.2. The van der Waals surface area contributed by atoms with Crippen molar-refractivity contribution in [2.24, 2.45) is 0 Å². The van der Waals surface area contributed by atoms with Crippen molar-refractivity contribution < 1.29 is 23.8 Å². The summed E-state index contributed by atoms with van der Waals surface area (Å²) in [5.41, 5.74) is 0. The zero-order valence-electron chi connectivity index (χ0n) is 38.8. The Bertz CT molecular complexity index is 966. The number of unbranched alkanes of at least 4 members (excludes halogenated alkanes) is 27. The van der Waals surface area contributed by atoms with Crippen LogP contribution in [-0.4, -0.2) is 37.9 Å². The van der Waals surface area contributed by atoms with Gasteiger partial charge in [-0.15, -0.1) is 0 Å². The van der Waals surface area contributed by atoms with Crippen molar-refractivity contribution in [1.29, 1.82) is 0 Å². The molecule has 0 aromatic rings. The second kappa shape index (κ2) is 49.2. The van der Waals surface area contributed by atoms with E-state index in [4.69, 9.17) is 14.2 Å². The van der Waals surface area contributed by atoms with Crippen LogP contribution in [0.5, 0.6) is 0 Å². The van der Waals surface area contributed by atoms with Crippen molar-refractivity contribution in [3.8, 4) is 0 Å². The lowest BCUT2D eigenvalue weighted by atomic mass is 10.1. The second-order valence-corrected chi connectivity index (χ2v) is 16.7. The predicted octanol–water partition coefficient (Wildman–Crippen LogP) is 16.8. The quantitative estimate of drug-likeness (QED) is 0.0348. The molecule has 5 heteroatoms. The minimum absolute atomic E-state index is 0.0722. The Kier molecular flexibility index (Phi) is 47.4. The number of rotatable bonds is 46. The standard InChI is InChI=1S/C53H96O5/c1-4-7-10-13-16-19-21-23-24-25-26-27-28-29-31-33-36-39-42-45-48-56-49-51(58-53(55)47-44-41-38-34-18-15-12-9-6-3)50-57-52(54)46-43-40-37-35-32-30-22-20-17-14-11-8-5-2/h8,11,17,20,23-24,30,32,51H,4-7,9-10,12-16,18-19,21-22,25-29,31,33-50H2,1-3H3/b11-8-,20-17-,24-23-,32-30-. The first-order chi connectivity index (χ1) is 28.6. The van der Waals surface area contributed by atoms with E-state index < -0.39 is 6.10 Å². The van der Waals surface area contributed by atoms with Crippen LogP contribution in [0.3, 0.4) is 0 Å². The predicted molar refractivity (Wildman–Crippen MR) is 251 cm³/mol. The highest BCUT2D eigenvalue weighted by molar-refractivity contribution is 5.70. The van der Waals surface area contributed by atoms with Gasteiger partial charge in [0, 0.05) is 19.4 Å². The molecule has 0 aromatic carbocycles. The SMILES string of the molecule is CC/C=C\C/C=C\C/C=C\CCCCCC(=O)OCC(COCCCCCCCCCCCC/C=C\CCCCCCCC)OC(=O)CCCCCCCCCCC. The van der Waals surface area contributed by atoms with Crippen molar-refractivity contribution in [2.45, 2.75) is 258 Å². The molecule has 338 valence electrons. The number of ether oxygens (including phenoxy) is 3. The maximum atomic E-state index is 12.7. The highest BCUT2D eigenvalue weighted by Gasteiger charge is 2.17. The lowest BCUT2D eigenvalue weighted by Gasteiger charge is -2.18. The Morgan fingerprint density at radius 2 is 0.776 bits per heavy atom. The van der Waals surface area contributed by atoms with Crippen molar-refractivity contribution in [3.05, 3.63) is 48.6 Å². The number of esters is 2. The first-order valence-corrected chi connectivity index (χ1v) is 25.2. The zero-order chi connectivity index (χ0) is 42.1. The van der Waals surface area contributed by atoms with Crippen LogP contribution in [0.4, 0.5) is 0 Å². The Labute approximate surface area is 361 Å². The Balaban J connectivity index is 4.17. The van der Waals surface area contributed by atoms with Crippen LogP contribution in [-0.2, 0) is 23.8 Å². The van der Waals surface area contributed by atoms with Gasteiger partial charge in [0.2, 0.25) is 0 Å². The van der Waals surface area contributed by atoms with Gasteiger partial charge in [0.1, 0.15) is 6.61 Å². The maximum absolute atomic E-state index is 12.7. The average molecular weight is 813 g/mol. The monoisotopic (exact) mass is 813 g/mol. The van der Waals surface area contributed by atoms with Gasteiger partial charge in [-0.3, -0.25) is 9.59 Å². The summed E-state index contributed by atoms with van der Waals surface area (Å²) in [5.74, 6) is -0.427. The molecule has 0 rings (SSSR count). The number of hydrogen-bond donors (Lipinski definition) is 0. The highest BCUT2D eigenvalue weighted by atomic mass is 16.6. The minimum Gasteiger partial charge on any atom is -0.462 e. The van der Waals surface area contributed by atoms with E-state index in [-0.39, 0.29) is 25.2 Å². The summed E-state index contributed by atoms with van der Waals surface area (Å²) < 4.78 is 17.3. The van der Waals surface area contributed by atoms with Gasteiger partial charge in [0.25, 0.3) is 0 Å². The molecule has 0 heterocycles. The van der Waals surface area contributed by atoms with Gasteiger partial charge in [-0.2, -0.15) is 0 Å². The van der Waals surface area contributed by atoms with Crippen LogP contribution < -0.4 is 0 Å². The van der Waals surface area contributed by atoms with Crippen molar-refractivity contribution >= 4 is 11.9 Å². The summed E-state index contributed by atoms with van der Waals surface area (Å²) in [6.45, 7) is 7.68. The molecule has 0 bridgehead atoms. The Morgan fingerprint density at radius 1 is 0.397 bits per heavy atom. The highest BCUT2D eigenvalue weighted by Crippen LogP contribution is 2.14. The molecular weight excluding hydrogens is 717 g/mol. The largest absolute Gasteiger partial charge is 0.462 e. The van der Waals surface area contributed by atoms with E-state index in [0.29, 0.717) is 19.4 Å². The molecule has 0 saturated carbocycles. The van der Waals surface area contributed by atoms with Gasteiger partial charge in [0.15, 0.2) is 6.10 Å². The van der Waals surface area contributed by atoms with E-state index >= 15 is 0 Å². The molecule has 0 aromatic heterocycles. The van der Waals surface area contributed by atoms with Gasteiger partial charge in [0.05, 0.1) is 6.61 Å². The second-order valence-electron chi connectivity index (χ2n) is 16.7. The molecule has 1 unspecified atom stereocenters. The fourth-order valence-corrected chi connectivity index (χ4v) is 7.11. The van der Waals surface area contributed by atoms with Gasteiger partial charge in [-0.1, -0.05) is 211 Å². The van der Waals surface area contributed by atoms with Crippen LogP contribution in [0.15, 0.2) is 48.6 Å². The molecule has 0 radical (unpaired) electrons. The lowest BCUT2D eigenvalue weighted by molar-refractivity contribution is -0.163. The van der Waals surface area contributed by atoms with Gasteiger partial charge in [-0.25, -0.2) is 0 Å². The molecule has 0 amide bonds. The molecule has 58 heavy (non-hydrogen) atoms. The zero-order valence-corrected chi connectivity index (χ0v) is 38.8. The van der Waals surface area contributed by atoms with E-state index in [2.05, 4.69) is 69.4 Å². The first kappa shape index (κ1) is 55.9. The fraction of sp³-hybridized carbons (Fsp3) is 0.811. The van der Waals surface area contributed by atoms with E-state index in [0.717, 1.165) is 70.6 Å². The minimum atomic E-state index is -0.544. The van der Waals surface area contributed by atoms with Crippen LogP contribution >= 0.6 is 0 Å². The van der Waals surface area contributed by atoms with E-state index in [1.807, 2.05) is 0 Å². The molecule has 0 N–H and O–H groups in total. The molecule has 0 saturated heterocycles. The Hall–Kier alpha value is -2.14. The summed E-state index contributed by atoms with van der Waals surface area (Å²) in [5, 5.41) is 0. The molecule has 0 spiro atoms. The third-order valence-electron chi connectivity index (χ3n) is 10.8. The summed E-state index contributed by atoms with van der Waals surface area (Å²) in [6.07, 6.45) is 59.9. The van der Waals surface area contributed by atoms with Crippen LogP contribution in [0.2, 0.25) is 0 Å². The molecular formula is C53H96O5. The van der Waals surface area contributed by atoms with Gasteiger partial charge in [-0.05, 0) is 77.0 Å². The number of hydrogen-bond acceptors (Lipinski definition) is 5. The summed E-state index contributed by atoms with van der Waals surface area (Å²) in [7, 11) is 0. The van der Waals surface area contributed by atoms with Crippen molar-refractivity contribution in [1.82, 2.24) is 0 Å². The van der Waals surface area contributed by atoms with E-state index in [1.54, 1.807) is 0 Å². The van der Waals surface area contributed by atoms with E-state index in [1.165, 1.54) is 148 Å². The molecule has 1 atom stereocenters. The Morgan fingerprint density at radius 3 is 1.28 bits per heavy atom. The number of carbonyl (C=O) groups excluding carboxylic acids is 2. The molecule has 0 aliphatic carbocycles. The maximum Gasteiger partial charge on any atom is 0.306 e. The van der Waals surface area contributed by atoms with Crippen molar-refractivity contribution in [3.63, 3.8) is 0 Å². The molecule has 0 aliphatic rings. The third-order valence-corrected chi connectivity index (χ3v) is 10.8. The topological polar surface area (TPSA) is 61.8 Å². The van der Waals surface area contributed by atoms with Gasteiger partial charge >= 0.3 is 11.9 Å². The number of allylic oxidation sites excluding steroid dienone is 8. The van der Waals surface area contributed by atoms with Crippen LogP contribution in [0, 0.1) is 0 Å². The smallest absolute Gasteiger partial charge is 0.306 e. The summed E-state index contributed by atoms with van der Waals surface area (Å²) >= 11 is 0. The molecule has 0 aliphatic heterocycles.